The van der Waals surface area contributed by atoms with Gasteiger partial charge in [0.25, 0.3) is 0 Å². The van der Waals surface area contributed by atoms with E-state index in [9.17, 15) is 5.11 Å². The Bertz CT molecular complexity index is 346. The van der Waals surface area contributed by atoms with E-state index in [0.29, 0.717) is 0 Å². The molecule has 1 aliphatic rings. The highest BCUT2D eigenvalue weighted by Crippen LogP contribution is 2.22. The van der Waals surface area contributed by atoms with Gasteiger partial charge in [0.15, 0.2) is 0 Å². The second kappa shape index (κ2) is 5.17. The molecule has 0 spiro atoms. The van der Waals surface area contributed by atoms with Crippen molar-refractivity contribution < 1.29 is 5.11 Å². The molecule has 0 bridgehead atoms. The van der Waals surface area contributed by atoms with E-state index in [0.717, 1.165) is 25.9 Å². The van der Waals surface area contributed by atoms with Crippen molar-refractivity contribution >= 4 is 5.69 Å². The highest BCUT2D eigenvalue weighted by Gasteiger charge is 2.14. The molecule has 2 nitrogen and oxygen atoms in total. The van der Waals surface area contributed by atoms with Crippen LogP contribution in [0.5, 0.6) is 0 Å². The summed E-state index contributed by atoms with van der Waals surface area (Å²) in [5.41, 5.74) is 2.70. The molecule has 0 aliphatic carbocycles. The van der Waals surface area contributed by atoms with Gasteiger partial charge in [-0.25, -0.2) is 0 Å². The van der Waals surface area contributed by atoms with Gasteiger partial charge in [0.05, 0.1) is 6.10 Å². The number of nitrogens with zero attached hydrogens (tertiary/aromatic N) is 1. The molecule has 0 radical (unpaired) electrons. The summed E-state index contributed by atoms with van der Waals surface area (Å²) >= 11 is 0. The van der Waals surface area contributed by atoms with Crippen LogP contribution in [0.4, 0.5) is 5.69 Å². The molecule has 0 saturated carbocycles. The Morgan fingerprint density at radius 2 is 1.81 bits per heavy atom. The third-order valence-corrected chi connectivity index (χ3v) is 3.00. The average Bonchev–Trinajstić information content (AvgIpc) is 2.30. The molecule has 0 amide bonds. The monoisotopic (exact) mass is 217 g/mol. The SMILES string of the molecule is CC(O)C=C1CCN(c2ccccc2)CC1. The molecule has 1 aromatic rings. The van der Waals surface area contributed by atoms with Gasteiger partial charge in [-0.05, 0) is 31.9 Å². The fraction of sp³-hybridized carbons (Fsp3) is 0.429. The van der Waals surface area contributed by atoms with Crippen LogP contribution in [0.2, 0.25) is 0 Å². The number of aliphatic hydroxyl groups is 1. The van der Waals surface area contributed by atoms with Crippen LogP contribution in [-0.4, -0.2) is 24.3 Å². The first kappa shape index (κ1) is 11.2. The number of aliphatic hydroxyl groups excluding tert-OH is 1. The minimum absolute atomic E-state index is 0.307. The Kier molecular flexibility index (Phi) is 3.62. The van der Waals surface area contributed by atoms with Gasteiger partial charge >= 0.3 is 0 Å². The lowest BCUT2D eigenvalue weighted by Crippen LogP contribution is -2.30. The lowest BCUT2D eigenvalue weighted by molar-refractivity contribution is 0.242. The van der Waals surface area contributed by atoms with Gasteiger partial charge in [0, 0.05) is 18.8 Å². The summed E-state index contributed by atoms with van der Waals surface area (Å²) < 4.78 is 0. The van der Waals surface area contributed by atoms with E-state index in [1.807, 2.05) is 19.1 Å². The summed E-state index contributed by atoms with van der Waals surface area (Å²) in [4.78, 5) is 2.40. The zero-order valence-corrected chi connectivity index (χ0v) is 9.76. The number of benzene rings is 1. The minimum Gasteiger partial charge on any atom is -0.389 e. The number of rotatable bonds is 2. The zero-order valence-electron chi connectivity index (χ0n) is 9.76. The lowest BCUT2D eigenvalue weighted by atomic mass is 10.0. The fourth-order valence-electron chi connectivity index (χ4n) is 2.20. The number of piperidine rings is 1. The quantitative estimate of drug-likeness (QED) is 0.770. The molecule has 1 N–H and O–H groups in total. The van der Waals surface area contributed by atoms with Crippen LogP contribution < -0.4 is 4.90 Å². The summed E-state index contributed by atoms with van der Waals surface area (Å²) in [6, 6.07) is 10.5. The van der Waals surface area contributed by atoms with E-state index in [2.05, 4.69) is 29.2 Å². The Labute approximate surface area is 97.2 Å². The van der Waals surface area contributed by atoms with Gasteiger partial charge in [-0.3, -0.25) is 0 Å². The van der Waals surface area contributed by atoms with Crippen molar-refractivity contribution in [2.75, 3.05) is 18.0 Å². The molecule has 16 heavy (non-hydrogen) atoms. The second-order valence-electron chi connectivity index (χ2n) is 4.39. The van der Waals surface area contributed by atoms with Gasteiger partial charge in [-0.1, -0.05) is 29.8 Å². The van der Waals surface area contributed by atoms with E-state index in [4.69, 9.17) is 0 Å². The first-order chi connectivity index (χ1) is 7.75. The topological polar surface area (TPSA) is 23.5 Å². The molecular weight excluding hydrogens is 198 g/mol. The predicted molar refractivity (Wildman–Crippen MR) is 67.7 cm³/mol. The van der Waals surface area contributed by atoms with Crippen LogP contribution in [-0.2, 0) is 0 Å². The Morgan fingerprint density at radius 1 is 1.19 bits per heavy atom. The molecule has 0 aromatic heterocycles. The van der Waals surface area contributed by atoms with Crippen molar-refractivity contribution in [3.63, 3.8) is 0 Å². The maximum absolute atomic E-state index is 9.30. The number of hydrogen-bond acceptors (Lipinski definition) is 2. The lowest BCUT2D eigenvalue weighted by Gasteiger charge is -2.30. The first-order valence-corrected chi connectivity index (χ1v) is 5.93. The molecule has 1 aliphatic heterocycles. The van der Waals surface area contributed by atoms with E-state index in [-0.39, 0.29) is 6.10 Å². The van der Waals surface area contributed by atoms with Gasteiger partial charge in [0.2, 0.25) is 0 Å². The third-order valence-electron chi connectivity index (χ3n) is 3.00. The minimum atomic E-state index is -0.307. The van der Waals surface area contributed by atoms with Crippen LogP contribution in [0.1, 0.15) is 19.8 Å². The third kappa shape index (κ3) is 2.86. The van der Waals surface area contributed by atoms with Crippen LogP contribution in [0.3, 0.4) is 0 Å². The Hall–Kier alpha value is -1.28. The normalized spacial score (nSPS) is 18.4. The largest absolute Gasteiger partial charge is 0.389 e. The molecule has 86 valence electrons. The summed E-state index contributed by atoms with van der Waals surface area (Å²) in [7, 11) is 0. The molecule has 1 aromatic carbocycles. The summed E-state index contributed by atoms with van der Waals surface area (Å²) in [6.07, 6.45) is 3.82. The molecular formula is C14H19NO. The number of anilines is 1. The van der Waals surface area contributed by atoms with Crippen LogP contribution >= 0.6 is 0 Å². The van der Waals surface area contributed by atoms with Crippen LogP contribution in [0.15, 0.2) is 42.0 Å². The van der Waals surface area contributed by atoms with Crippen molar-refractivity contribution in [1.29, 1.82) is 0 Å². The zero-order chi connectivity index (χ0) is 11.4. The van der Waals surface area contributed by atoms with Gasteiger partial charge in [-0.15, -0.1) is 0 Å². The summed E-state index contributed by atoms with van der Waals surface area (Å²) in [5, 5.41) is 9.30. The highest BCUT2D eigenvalue weighted by atomic mass is 16.3. The van der Waals surface area contributed by atoms with E-state index < -0.39 is 0 Å². The summed E-state index contributed by atoms with van der Waals surface area (Å²) in [6.45, 7) is 3.93. The molecule has 1 heterocycles. The fourth-order valence-corrected chi connectivity index (χ4v) is 2.20. The van der Waals surface area contributed by atoms with Crippen molar-refractivity contribution in [3.8, 4) is 0 Å². The molecule has 2 rings (SSSR count). The van der Waals surface area contributed by atoms with Gasteiger partial charge in [0.1, 0.15) is 0 Å². The Morgan fingerprint density at radius 3 is 2.38 bits per heavy atom. The smallest absolute Gasteiger partial charge is 0.0695 e. The molecule has 1 saturated heterocycles. The van der Waals surface area contributed by atoms with Crippen LogP contribution in [0, 0.1) is 0 Å². The molecule has 1 fully saturated rings. The van der Waals surface area contributed by atoms with E-state index >= 15 is 0 Å². The number of hydrogen-bond donors (Lipinski definition) is 1. The van der Waals surface area contributed by atoms with Crippen molar-refractivity contribution in [1.82, 2.24) is 0 Å². The van der Waals surface area contributed by atoms with E-state index in [1.54, 1.807) is 0 Å². The first-order valence-electron chi connectivity index (χ1n) is 5.93. The maximum atomic E-state index is 9.30. The Balaban J connectivity index is 1.96. The predicted octanol–water partition coefficient (Wildman–Crippen LogP) is 2.59. The molecule has 2 heteroatoms. The van der Waals surface area contributed by atoms with Crippen LogP contribution in [0.25, 0.3) is 0 Å². The van der Waals surface area contributed by atoms with E-state index in [1.165, 1.54) is 11.3 Å². The standard InChI is InChI=1S/C14H19NO/c1-12(16)11-13-7-9-15(10-8-13)14-5-3-2-4-6-14/h2-6,11-12,16H,7-10H2,1H3. The van der Waals surface area contributed by atoms with Crippen molar-refractivity contribution in [2.45, 2.75) is 25.9 Å². The van der Waals surface area contributed by atoms with Gasteiger partial charge in [-0.2, -0.15) is 0 Å². The van der Waals surface area contributed by atoms with Gasteiger partial charge < -0.3 is 10.0 Å². The highest BCUT2D eigenvalue weighted by molar-refractivity contribution is 5.47. The molecule has 1 unspecified atom stereocenters. The summed E-state index contributed by atoms with van der Waals surface area (Å²) in [5.74, 6) is 0. The average molecular weight is 217 g/mol. The van der Waals surface area contributed by atoms with Crippen molar-refractivity contribution in [3.05, 3.63) is 42.0 Å². The maximum Gasteiger partial charge on any atom is 0.0695 e. The number of para-hydroxylation sites is 1. The van der Waals surface area contributed by atoms with Crippen molar-refractivity contribution in [2.24, 2.45) is 0 Å². The second-order valence-corrected chi connectivity index (χ2v) is 4.39. The molecule has 1 atom stereocenters.